The Morgan fingerprint density at radius 3 is 2.00 bits per heavy atom. The van der Waals surface area contributed by atoms with E-state index in [1.54, 1.807) is 0 Å². The Labute approximate surface area is 127 Å². The van der Waals surface area contributed by atoms with Crippen LogP contribution in [0, 0.1) is 11.3 Å². The van der Waals surface area contributed by atoms with Crippen LogP contribution in [0.2, 0.25) is 0 Å². The van der Waals surface area contributed by atoms with Gasteiger partial charge in [0.1, 0.15) is 0 Å². The van der Waals surface area contributed by atoms with Crippen molar-refractivity contribution in [1.29, 1.82) is 0 Å². The predicted molar refractivity (Wildman–Crippen MR) is 88.2 cm³/mol. The zero-order chi connectivity index (χ0) is 15.2. The Hall–Kier alpha value is -0.0800. The van der Waals surface area contributed by atoms with Crippen LogP contribution in [-0.4, -0.2) is 36.7 Å². The summed E-state index contributed by atoms with van der Waals surface area (Å²) < 4.78 is 5.76. The minimum absolute atomic E-state index is 0.0227. The molecule has 0 bridgehead atoms. The molecule has 0 atom stereocenters. The van der Waals surface area contributed by atoms with E-state index >= 15 is 0 Å². The van der Waals surface area contributed by atoms with Crippen LogP contribution in [-0.2, 0) is 4.74 Å². The number of nitrogens with zero attached hydrogens (tertiary/aromatic N) is 1. The first-order chi connectivity index (χ1) is 9.18. The van der Waals surface area contributed by atoms with Crippen molar-refractivity contribution < 1.29 is 4.74 Å². The molecule has 1 heterocycles. The van der Waals surface area contributed by atoms with E-state index in [4.69, 9.17) is 4.74 Å². The molecule has 2 nitrogen and oxygen atoms in total. The third kappa shape index (κ3) is 7.64. The van der Waals surface area contributed by atoms with Crippen molar-refractivity contribution >= 4 is 0 Å². The molecule has 2 heteroatoms. The molecule has 0 amide bonds. The number of ether oxygens (including phenoxy) is 1. The average Bonchev–Trinajstić information content (AvgIpc) is 2.32. The van der Waals surface area contributed by atoms with E-state index < -0.39 is 0 Å². The molecule has 0 aliphatic carbocycles. The fourth-order valence-corrected chi connectivity index (χ4v) is 3.02. The van der Waals surface area contributed by atoms with Crippen molar-refractivity contribution in [1.82, 2.24) is 4.90 Å². The molecule has 1 fully saturated rings. The summed E-state index contributed by atoms with van der Waals surface area (Å²) in [4.78, 5) is 2.66. The summed E-state index contributed by atoms with van der Waals surface area (Å²) in [7, 11) is 0. The molecule has 0 aromatic rings. The lowest BCUT2D eigenvalue weighted by Gasteiger charge is -2.38. The molecule has 1 saturated heterocycles. The van der Waals surface area contributed by atoms with Crippen LogP contribution in [0.15, 0.2) is 0 Å². The molecule has 20 heavy (non-hydrogen) atoms. The standard InChI is InChI=1S/C18H37NO/c1-17(2,3)16-10-13-19(14-11-16)12-8-7-9-15-20-18(4,5)6/h16H,7-15H2,1-6H3. The van der Waals surface area contributed by atoms with Crippen LogP contribution < -0.4 is 0 Å². The van der Waals surface area contributed by atoms with Crippen LogP contribution in [0.1, 0.15) is 73.6 Å². The van der Waals surface area contributed by atoms with Gasteiger partial charge in [0.15, 0.2) is 0 Å². The van der Waals surface area contributed by atoms with Gasteiger partial charge in [-0.2, -0.15) is 0 Å². The van der Waals surface area contributed by atoms with Crippen molar-refractivity contribution in [3.8, 4) is 0 Å². The van der Waals surface area contributed by atoms with E-state index in [0.717, 1.165) is 12.5 Å². The Bertz CT molecular complexity index is 254. The highest BCUT2D eigenvalue weighted by molar-refractivity contribution is 4.80. The molecule has 0 aromatic heterocycles. The topological polar surface area (TPSA) is 12.5 Å². The van der Waals surface area contributed by atoms with Gasteiger partial charge in [-0.3, -0.25) is 0 Å². The summed E-state index contributed by atoms with van der Waals surface area (Å²) in [5.74, 6) is 0.916. The average molecular weight is 284 g/mol. The zero-order valence-electron chi connectivity index (χ0n) is 14.8. The lowest BCUT2D eigenvalue weighted by atomic mass is 9.75. The van der Waals surface area contributed by atoms with Gasteiger partial charge in [0.05, 0.1) is 5.60 Å². The quantitative estimate of drug-likeness (QED) is 0.653. The van der Waals surface area contributed by atoms with E-state index in [1.807, 2.05) is 0 Å². The van der Waals surface area contributed by atoms with Gasteiger partial charge in [-0.05, 0) is 83.8 Å². The van der Waals surface area contributed by atoms with Crippen LogP contribution in [0.3, 0.4) is 0 Å². The first-order valence-corrected chi connectivity index (χ1v) is 8.55. The van der Waals surface area contributed by atoms with E-state index in [1.165, 1.54) is 51.7 Å². The summed E-state index contributed by atoms with van der Waals surface area (Å²) in [5, 5.41) is 0. The monoisotopic (exact) mass is 283 g/mol. The molecule has 0 saturated carbocycles. The van der Waals surface area contributed by atoms with Crippen molar-refractivity contribution in [3.05, 3.63) is 0 Å². The molecular formula is C18H37NO. The number of likely N-dealkylation sites (tertiary alicyclic amines) is 1. The Morgan fingerprint density at radius 1 is 0.900 bits per heavy atom. The smallest absolute Gasteiger partial charge is 0.0598 e. The first kappa shape index (κ1) is 18.0. The normalized spacial score (nSPS) is 19.5. The molecule has 0 unspecified atom stereocenters. The highest BCUT2D eigenvalue weighted by Crippen LogP contribution is 2.34. The van der Waals surface area contributed by atoms with Crippen LogP contribution in [0.25, 0.3) is 0 Å². The van der Waals surface area contributed by atoms with Gasteiger partial charge < -0.3 is 9.64 Å². The molecule has 1 aliphatic heterocycles. The SMILES string of the molecule is CC(C)(C)OCCCCCN1CCC(C(C)(C)C)CC1. The second-order valence-corrected chi connectivity index (χ2v) is 8.50. The second kappa shape index (κ2) is 7.79. The van der Waals surface area contributed by atoms with Gasteiger partial charge in [0.2, 0.25) is 0 Å². The van der Waals surface area contributed by atoms with Gasteiger partial charge in [-0.25, -0.2) is 0 Å². The first-order valence-electron chi connectivity index (χ1n) is 8.55. The molecule has 120 valence electrons. The lowest BCUT2D eigenvalue weighted by molar-refractivity contribution is -0.00500. The Balaban J connectivity index is 2.02. The molecule has 0 radical (unpaired) electrons. The summed E-state index contributed by atoms with van der Waals surface area (Å²) in [6.45, 7) is 18.4. The highest BCUT2D eigenvalue weighted by atomic mass is 16.5. The van der Waals surface area contributed by atoms with Crippen LogP contribution in [0.4, 0.5) is 0 Å². The predicted octanol–water partition coefficient (Wildman–Crippen LogP) is 4.73. The molecule has 1 aliphatic rings. The van der Waals surface area contributed by atoms with Crippen molar-refractivity contribution in [2.45, 2.75) is 79.2 Å². The van der Waals surface area contributed by atoms with E-state index in [0.29, 0.717) is 5.41 Å². The van der Waals surface area contributed by atoms with E-state index in [-0.39, 0.29) is 5.60 Å². The number of piperidine rings is 1. The second-order valence-electron chi connectivity index (χ2n) is 8.50. The zero-order valence-corrected chi connectivity index (χ0v) is 14.8. The third-order valence-corrected chi connectivity index (χ3v) is 4.47. The highest BCUT2D eigenvalue weighted by Gasteiger charge is 2.28. The van der Waals surface area contributed by atoms with Gasteiger partial charge in [0.25, 0.3) is 0 Å². The van der Waals surface area contributed by atoms with E-state index in [2.05, 4.69) is 46.4 Å². The summed E-state index contributed by atoms with van der Waals surface area (Å²) in [5.41, 5.74) is 0.519. The number of hydrogen-bond acceptors (Lipinski definition) is 2. The van der Waals surface area contributed by atoms with Gasteiger partial charge in [-0.15, -0.1) is 0 Å². The lowest BCUT2D eigenvalue weighted by Crippen LogP contribution is -2.38. The van der Waals surface area contributed by atoms with Gasteiger partial charge in [-0.1, -0.05) is 20.8 Å². The van der Waals surface area contributed by atoms with Crippen molar-refractivity contribution in [2.75, 3.05) is 26.2 Å². The molecule has 0 aromatic carbocycles. The fraction of sp³-hybridized carbons (Fsp3) is 1.00. The molecule has 0 spiro atoms. The van der Waals surface area contributed by atoms with Gasteiger partial charge >= 0.3 is 0 Å². The molecule has 1 rings (SSSR count). The largest absolute Gasteiger partial charge is 0.376 e. The van der Waals surface area contributed by atoms with Crippen LogP contribution in [0.5, 0.6) is 0 Å². The summed E-state index contributed by atoms with van der Waals surface area (Å²) in [6, 6.07) is 0. The summed E-state index contributed by atoms with van der Waals surface area (Å²) >= 11 is 0. The maximum atomic E-state index is 5.76. The third-order valence-electron chi connectivity index (χ3n) is 4.47. The minimum atomic E-state index is 0.0227. The van der Waals surface area contributed by atoms with Crippen LogP contribution >= 0.6 is 0 Å². The molecular weight excluding hydrogens is 246 g/mol. The fourth-order valence-electron chi connectivity index (χ4n) is 3.02. The van der Waals surface area contributed by atoms with Gasteiger partial charge in [0, 0.05) is 6.61 Å². The minimum Gasteiger partial charge on any atom is -0.376 e. The Morgan fingerprint density at radius 2 is 1.50 bits per heavy atom. The number of rotatable bonds is 6. The maximum absolute atomic E-state index is 5.76. The summed E-state index contributed by atoms with van der Waals surface area (Å²) in [6.07, 6.45) is 6.60. The Kier molecular flexibility index (Phi) is 7.00. The van der Waals surface area contributed by atoms with Crippen molar-refractivity contribution in [3.63, 3.8) is 0 Å². The molecule has 0 N–H and O–H groups in total. The van der Waals surface area contributed by atoms with E-state index in [9.17, 15) is 0 Å². The number of hydrogen-bond donors (Lipinski definition) is 0. The van der Waals surface area contributed by atoms with Crippen molar-refractivity contribution in [2.24, 2.45) is 11.3 Å². The maximum Gasteiger partial charge on any atom is 0.0598 e. The number of unbranched alkanes of at least 4 members (excludes halogenated alkanes) is 2.